The molecular formula is C13H21NO7. The summed E-state index contributed by atoms with van der Waals surface area (Å²) in [5.41, 5.74) is 0. The van der Waals surface area contributed by atoms with Gasteiger partial charge in [0.1, 0.15) is 12.2 Å². The Kier molecular flexibility index (Phi) is 6.16. The van der Waals surface area contributed by atoms with Crippen LogP contribution in [0.5, 0.6) is 11.8 Å². The van der Waals surface area contributed by atoms with Crippen molar-refractivity contribution in [1.82, 2.24) is 4.57 Å². The summed E-state index contributed by atoms with van der Waals surface area (Å²) < 4.78 is 16.2. The van der Waals surface area contributed by atoms with Crippen LogP contribution in [0.25, 0.3) is 0 Å². The molecule has 0 amide bonds. The number of ether oxygens (including phenoxy) is 3. The lowest BCUT2D eigenvalue weighted by molar-refractivity contribution is -0.129. The lowest BCUT2D eigenvalue weighted by Gasteiger charge is -2.31. The van der Waals surface area contributed by atoms with Crippen LogP contribution in [0.2, 0.25) is 0 Å². The van der Waals surface area contributed by atoms with E-state index in [0.717, 1.165) is 0 Å². The normalized spacial score (nSPS) is 17.2. The maximum atomic E-state index is 12.4. The topological polar surface area (TPSA) is 110 Å². The Labute approximate surface area is 122 Å². The van der Waals surface area contributed by atoms with Gasteiger partial charge in [0.25, 0.3) is 5.91 Å². The summed E-state index contributed by atoms with van der Waals surface area (Å²) in [6, 6.07) is 2.34. The zero-order valence-corrected chi connectivity index (χ0v) is 12.4. The van der Waals surface area contributed by atoms with Gasteiger partial charge in [0.15, 0.2) is 6.10 Å². The SMILES string of the molecule is CO[C@@H]([C@H](OC)[C@@H](C)O)[C@H](OC)C(=O)n1c(O)ccc1O. The maximum Gasteiger partial charge on any atom is 0.268 e. The van der Waals surface area contributed by atoms with Crippen LogP contribution in [-0.2, 0) is 14.2 Å². The summed E-state index contributed by atoms with van der Waals surface area (Å²) in [5, 5.41) is 28.9. The molecule has 0 aliphatic carbocycles. The molecule has 1 aromatic rings. The Morgan fingerprint density at radius 1 is 1.05 bits per heavy atom. The number of hydrogen-bond acceptors (Lipinski definition) is 7. The van der Waals surface area contributed by atoms with Crippen LogP contribution in [0.3, 0.4) is 0 Å². The molecule has 0 radical (unpaired) electrons. The van der Waals surface area contributed by atoms with Crippen LogP contribution < -0.4 is 0 Å². The molecule has 0 unspecified atom stereocenters. The van der Waals surface area contributed by atoms with Crippen LogP contribution in [0.15, 0.2) is 12.1 Å². The Morgan fingerprint density at radius 2 is 1.52 bits per heavy atom. The van der Waals surface area contributed by atoms with Gasteiger partial charge in [0, 0.05) is 33.5 Å². The first-order chi connectivity index (χ1) is 9.88. The summed E-state index contributed by atoms with van der Waals surface area (Å²) >= 11 is 0. The van der Waals surface area contributed by atoms with Gasteiger partial charge in [-0.15, -0.1) is 0 Å². The third kappa shape index (κ3) is 3.53. The van der Waals surface area contributed by atoms with Crippen molar-refractivity contribution in [1.29, 1.82) is 0 Å². The first-order valence-electron chi connectivity index (χ1n) is 6.29. The number of aromatic hydroxyl groups is 2. The Hall–Kier alpha value is -1.61. The molecule has 4 atom stereocenters. The van der Waals surface area contributed by atoms with E-state index in [1.54, 1.807) is 0 Å². The number of hydrogen-bond donors (Lipinski definition) is 3. The van der Waals surface area contributed by atoms with Crippen molar-refractivity contribution in [2.24, 2.45) is 0 Å². The number of carbonyl (C=O) groups excluding carboxylic acids is 1. The standard InChI is InChI=1S/C13H21NO7/c1-7(15)10(19-2)11(20-3)12(21-4)13(18)14-8(16)5-6-9(14)17/h5-7,10-12,15-17H,1-4H3/t7-,10-,11+,12+/m1/s1. The molecule has 21 heavy (non-hydrogen) atoms. The van der Waals surface area contributed by atoms with Crippen LogP contribution in [-0.4, -0.2) is 71.5 Å². The second-order valence-electron chi connectivity index (χ2n) is 4.52. The molecule has 0 bridgehead atoms. The third-order valence-electron chi connectivity index (χ3n) is 3.20. The molecule has 120 valence electrons. The second kappa shape index (κ2) is 7.41. The highest BCUT2D eigenvalue weighted by Gasteiger charge is 2.39. The second-order valence-corrected chi connectivity index (χ2v) is 4.52. The van der Waals surface area contributed by atoms with Crippen molar-refractivity contribution in [3.63, 3.8) is 0 Å². The molecule has 0 aromatic carbocycles. The Balaban J connectivity index is 3.12. The van der Waals surface area contributed by atoms with Crippen LogP contribution in [0.1, 0.15) is 11.7 Å². The molecule has 1 heterocycles. The summed E-state index contributed by atoms with van der Waals surface area (Å²) in [4.78, 5) is 12.4. The van der Waals surface area contributed by atoms with E-state index in [0.29, 0.717) is 4.57 Å². The smallest absolute Gasteiger partial charge is 0.268 e. The zero-order valence-electron chi connectivity index (χ0n) is 12.4. The number of aliphatic hydroxyl groups is 1. The van der Waals surface area contributed by atoms with Gasteiger partial charge in [0.05, 0.1) is 6.10 Å². The maximum absolute atomic E-state index is 12.4. The quantitative estimate of drug-likeness (QED) is 0.648. The van der Waals surface area contributed by atoms with E-state index in [1.807, 2.05) is 0 Å². The number of carbonyl (C=O) groups is 1. The molecule has 0 saturated heterocycles. The van der Waals surface area contributed by atoms with Gasteiger partial charge in [-0.05, 0) is 6.92 Å². The summed E-state index contributed by atoms with van der Waals surface area (Å²) in [6.07, 6.45) is -3.88. The fraction of sp³-hybridized carbons (Fsp3) is 0.615. The van der Waals surface area contributed by atoms with Crippen LogP contribution in [0.4, 0.5) is 0 Å². The lowest BCUT2D eigenvalue weighted by atomic mass is 10.0. The van der Waals surface area contributed by atoms with E-state index in [9.17, 15) is 20.1 Å². The van der Waals surface area contributed by atoms with E-state index in [2.05, 4.69) is 0 Å². The molecular weight excluding hydrogens is 282 g/mol. The van der Waals surface area contributed by atoms with Gasteiger partial charge >= 0.3 is 0 Å². The van der Waals surface area contributed by atoms with Crippen LogP contribution in [0, 0.1) is 0 Å². The average Bonchev–Trinajstić information content (AvgIpc) is 2.77. The molecule has 0 spiro atoms. The molecule has 1 rings (SSSR count). The van der Waals surface area contributed by atoms with Gasteiger partial charge in [-0.25, -0.2) is 4.57 Å². The molecule has 3 N–H and O–H groups in total. The first kappa shape index (κ1) is 17.4. The van der Waals surface area contributed by atoms with E-state index in [1.165, 1.54) is 40.4 Å². The van der Waals surface area contributed by atoms with E-state index in [-0.39, 0.29) is 0 Å². The minimum absolute atomic E-state index is 0.430. The van der Waals surface area contributed by atoms with Crippen molar-refractivity contribution in [3.8, 4) is 11.8 Å². The zero-order chi connectivity index (χ0) is 16.2. The Morgan fingerprint density at radius 3 is 1.86 bits per heavy atom. The minimum atomic E-state index is -1.20. The van der Waals surface area contributed by atoms with Gasteiger partial charge < -0.3 is 29.5 Å². The average molecular weight is 303 g/mol. The van der Waals surface area contributed by atoms with Gasteiger partial charge in [-0.3, -0.25) is 4.79 Å². The summed E-state index contributed by atoms with van der Waals surface area (Å²) in [7, 11) is 3.99. The van der Waals surface area contributed by atoms with Crippen molar-refractivity contribution in [2.45, 2.75) is 31.3 Å². The highest BCUT2D eigenvalue weighted by Crippen LogP contribution is 2.24. The predicted octanol–water partition coefficient (Wildman–Crippen LogP) is -0.0347. The number of aliphatic hydroxyl groups excluding tert-OH is 1. The number of methoxy groups -OCH3 is 3. The van der Waals surface area contributed by atoms with E-state index < -0.39 is 42.1 Å². The molecule has 0 aliphatic heterocycles. The van der Waals surface area contributed by atoms with Gasteiger partial charge in [-0.2, -0.15) is 0 Å². The molecule has 8 nitrogen and oxygen atoms in total. The lowest BCUT2D eigenvalue weighted by Crippen LogP contribution is -2.50. The first-order valence-corrected chi connectivity index (χ1v) is 6.29. The summed E-state index contributed by atoms with van der Waals surface area (Å²) in [6.45, 7) is 1.49. The third-order valence-corrected chi connectivity index (χ3v) is 3.20. The van der Waals surface area contributed by atoms with Crippen molar-refractivity contribution >= 4 is 5.91 Å². The van der Waals surface area contributed by atoms with Gasteiger partial charge in [0.2, 0.25) is 11.8 Å². The largest absolute Gasteiger partial charge is 0.494 e. The number of aromatic nitrogens is 1. The van der Waals surface area contributed by atoms with E-state index >= 15 is 0 Å². The minimum Gasteiger partial charge on any atom is -0.494 e. The number of rotatable bonds is 7. The fourth-order valence-electron chi connectivity index (χ4n) is 2.18. The van der Waals surface area contributed by atoms with Crippen molar-refractivity contribution in [3.05, 3.63) is 12.1 Å². The monoisotopic (exact) mass is 303 g/mol. The highest BCUT2D eigenvalue weighted by molar-refractivity contribution is 5.87. The fourth-order valence-corrected chi connectivity index (χ4v) is 2.18. The van der Waals surface area contributed by atoms with Crippen LogP contribution >= 0.6 is 0 Å². The molecule has 8 heteroatoms. The molecule has 1 aromatic heterocycles. The number of nitrogens with zero attached hydrogens (tertiary/aromatic N) is 1. The van der Waals surface area contributed by atoms with Crippen molar-refractivity contribution in [2.75, 3.05) is 21.3 Å². The molecule has 0 aliphatic rings. The molecule has 0 fully saturated rings. The van der Waals surface area contributed by atoms with Gasteiger partial charge in [-0.1, -0.05) is 0 Å². The molecule has 0 saturated carbocycles. The summed E-state index contributed by atoms with van der Waals surface area (Å²) in [5.74, 6) is -1.60. The predicted molar refractivity (Wildman–Crippen MR) is 72.5 cm³/mol. The van der Waals surface area contributed by atoms with E-state index in [4.69, 9.17) is 14.2 Å². The highest BCUT2D eigenvalue weighted by atomic mass is 16.6. The Bertz CT molecular complexity index is 452. The van der Waals surface area contributed by atoms with Crippen molar-refractivity contribution < 1.29 is 34.3 Å².